The molecule has 0 aliphatic carbocycles. The van der Waals surface area contributed by atoms with E-state index in [9.17, 15) is 4.79 Å². The first-order valence-electron chi connectivity index (χ1n) is 10.3. The fourth-order valence-corrected chi connectivity index (χ4v) is 2.97. The number of quaternary nitrogens is 1. The van der Waals surface area contributed by atoms with Gasteiger partial charge < -0.3 is 9.59 Å². The Balaban J connectivity index is 3.36. The molecule has 25 heavy (non-hydrogen) atoms. The van der Waals surface area contributed by atoms with Crippen molar-refractivity contribution in [3.05, 3.63) is 24.3 Å². The van der Waals surface area contributed by atoms with E-state index in [1.807, 2.05) is 14.1 Å². The van der Waals surface area contributed by atoms with Crippen LogP contribution >= 0.6 is 0 Å². The van der Waals surface area contributed by atoms with E-state index < -0.39 is 5.97 Å². The maximum atomic E-state index is 10.8. The van der Waals surface area contributed by atoms with Crippen LogP contribution in [0.2, 0.25) is 0 Å². The van der Waals surface area contributed by atoms with Gasteiger partial charge in [0.1, 0.15) is 0 Å². The van der Waals surface area contributed by atoms with E-state index in [1.165, 1.54) is 64.2 Å². The van der Waals surface area contributed by atoms with E-state index in [2.05, 4.69) is 31.2 Å². The average Bonchev–Trinajstić information content (AvgIpc) is 2.53. The van der Waals surface area contributed by atoms with Crippen molar-refractivity contribution in [2.24, 2.45) is 0 Å². The summed E-state index contributed by atoms with van der Waals surface area (Å²) in [5.74, 6) is -0.704. The van der Waals surface area contributed by atoms with Crippen molar-refractivity contribution < 1.29 is 14.4 Å². The van der Waals surface area contributed by atoms with Crippen LogP contribution in [0.1, 0.15) is 84.0 Å². The number of rotatable bonds is 17. The standard InChI is InChI=1S/C22H41NO2/c1-4-5-6-7-8-9-10-11-12-13-14-15-16-17-18-19-20-23(2,3)21-22(24)25/h8-9,11-12H,4-7,10,13-21H2,1-3H3/p+1. The molecule has 3 heteroatoms. The van der Waals surface area contributed by atoms with E-state index in [-0.39, 0.29) is 6.54 Å². The lowest BCUT2D eigenvalue weighted by Gasteiger charge is -2.27. The van der Waals surface area contributed by atoms with Gasteiger partial charge in [0.15, 0.2) is 6.54 Å². The molecule has 0 spiro atoms. The van der Waals surface area contributed by atoms with E-state index in [4.69, 9.17) is 5.11 Å². The van der Waals surface area contributed by atoms with Crippen LogP contribution in [-0.4, -0.2) is 42.7 Å². The summed E-state index contributed by atoms with van der Waals surface area (Å²) in [6, 6.07) is 0. The van der Waals surface area contributed by atoms with Gasteiger partial charge in [-0.05, 0) is 44.9 Å². The predicted octanol–water partition coefficient (Wildman–Crippen LogP) is 5.96. The number of carboxylic acids is 1. The number of nitrogens with zero attached hydrogens (tertiary/aromatic N) is 1. The Kier molecular flexibility index (Phi) is 15.7. The van der Waals surface area contributed by atoms with Gasteiger partial charge >= 0.3 is 5.97 Å². The Labute approximate surface area is 156 Å². The fourth-order valence-electron chi connectivity index (χ4n) is 2.97. The zero-order valence-electron chi connectivity index (χ0n) is 17.0. The molecule has 0 bridgehead atoms. The summed E-state index contributed by atoms with van der Waals surface area (Å²) in [4.78, 5) is 10.8. The molecular weight excluding hydrogens is 310 g/mol. The lowest BCUT2D eigenvalue weighted by atomic mass is 10.1. The summed E-state index contributed by atoms with van der Waals surface area (Å²) in [7, 11) is 4.00. The first-order valence-corrected chi connectivity index (χ1v) is 10.3. The molecule has 0 saturated heterocycles. The predicted molar refractivity (Wildman–Crippen MR) is 109 cm³/mol. The van der Waals surface area contributed by atoms with Crippen molar-refractivity contribution in [1.29, 1.82) is 0 Å². The zero-order chi connectivity index (χ0) is 18.8. The molecule has 0 saturated carbocycles. The third-order valence-electron chi connectivity index (χ3n) is 4.53. The Morgan fingerprint density at radius 1 is 0.800 bits per heavy atom. The van der Waals surface area contributed by atoms with Crippen molar-refractivity contribution in [3.63, 3.8) is 0 Å². The molecule has 0 aliphatic heterocycles. The molecule has 0 amide bonds. The maximum Gasteiger partial charge on any atom is 0.359 e. The molecule has 0 aromatic carbocycles. The number of unbranched alkanes of at least 4 members (excludes halogenated alkanes) is 9. The molecule has 0 rings (SSSR count). The van der Waals surface area contributed by atoms with Gasteiger partial charge in [-0.15, -0.1) is 0 Å². The summed E-state index contributed by atoms with van der Waals surface area (Å²) >= 11 is 0. The lowest BCUT2D eigenvalue weighted by Crippen LogP contribution is -2.44. The van der Waals surface area contributed by atoms with Crippen molar-refractivity contribution >= 4 is 5.97 Å². The van der Waals surface area contributed by atoms with E-state index in [0.29, 0.717) is 4.48 Å². The number of carbonyl (C=O) groups is 1. The van der Waals surface area contributed by atoms with E-state index in [0.717, 1.165) is 19.4 Å². The smallest absolute Gasteiger partial charge is 0.359 e. The van der Waals surface area contributed by atoms with Gasteiger partial charge in [-0.25, -0.2) is 4.79 Å². The summed E-state index contributed by atoms with van der Waals surface area (Å²) in [5.41, 5.74) is 0. The molecule has 3 nitrogen and oxygen atoms in total. The van der Waals surface area contributed by atoms with Gasteiger partial charge in [-0.1, -0.05) is 63.3 Å². The minimum Gasteiger partial charge on any atom is -0.477 e. The van der Waals surface area contributed by atoms with Gasteiger partial charge in [-0.3, -0.25) is 0 Å². The highest BCUT2D eigenvalue weighted by molar-refractivity contribution is 5.67. The van der Waals surface area contributed by atoms with E-state index >= 15 is 0 Å². The molecule has 146 valence electrons. The highest BCUT2D eigenvalue weighted by atomic mass is 16.4. The summed E-state index contributed by atoms with van der Waals surface area (Å²) in [6.07, 6.45) is 24.2. The Morgan fingerprint density at radius 2 is 1.32 bits per heavy atom. The van der Waals surface area contributed by atoms with Crippen LogP contribution in [0.4, 0.5) is 0 Å². The van der Waals surface area contributed by atoms with Gasteiger partial charge in [-0.2, -0.15) is 0 Å². The topological polar surface area (TPSA) is 37.3 Å². The second-order valence-electron chi connectivity index (χ2n) is 7.80. The van der Waals surface area contributed by atoms with Crippen LogP contribution in [0.5, 0.6) is 0 Å². The fraction of sp³-hybridized carbons (Fsp3) is 0.773. The lowest BCUT2D eigenvalue weighted by molar-refractivity contribution is -0.883. The highest BCUT2D eigenvalue weighted by Gasteiger charge is 2.18. The van der Waals surface area contributed by atoms with Crippen molar-refractivity contribution in [3.8, 4) is 0 Å². The van der Waals surface area contributed by atoms with Gasteiger partial charge in [0.2, 0.25) is 0 Å². The quantitative estimate of drug-likeness (QED) is 0.199. The number of hydrogen-bond acceptors (Lipinski definition) is 1. The molecule has 0 radical (unpaired) electrons. The molecule has 0 unspecified atom stereocenters. The number of allylic oxidation sites excluding steroid dienone is 4. The van der Waals surface area contributed by atoms with Crippen LogP contribution in [-0.2, 0) is 4.79 Å². The monoisotopic (exact) mass is 352 g/mol. The van der Waals surface area contributed by atoms with Crippen LogP contribution < -0.4 is 0 Å². The normalized spacial score (nSPS) is 12.4. The van der Waals surface area contributed by atoms with Gasteiger partial charge in [0.25, 0.3) is 0 Å². The SMILES string of the molecule is CCCCCC=CCC=CCCCCCCCC[N+](C)(C)CC(=O)O. The number of likely N-dealkylation sites (N-methyl/N-ethyl adjacent to an activating group) is 1. The zero-order valence-corrected chi connectivity index (χ0v) is 17.0. The van der Waals surface area contributed by atoms with E-state index in [1.54, 1.807) is 0 Å². The van der Waals surface area contributed by atoms with Crippen molar-refractivity contribution in [1.82, 2.24) is 0 Å². The number of hydrogen-bond donors (Lipinski definition) is 1. The summed E-state index contributed by atoms with van der Waals surface area (Å²) in [6.45, 7) is 3.43. The summed E-state index contributed by atoms with van der Waals surface area (Å²) in [5, 5.41) is 8.86. The minimum absolute atomic E-state index is 0.222. The first-order chi connectivity index (χ1) is 12.0. The molecule has 0 aliphatic rings. The molecule has 1 N–H and O–H groups in total. The van der Waals surface area contributed by atoms with Crippen LogP contribution in [0, 0.1) is 0 Å². The molecule has 0 heterocycles. The second-order valence-corrected chi connectivity index (χ2v) is 7.80. The van der Waals surface area contributed by atoms with Crippen LogP contribution in [0.15, 0.2) is 24.3 Å². The Hall–Kier alpha value is -1.09. The minimum atomic E-state index is -0.704. The number of aliphatic carboxylic acids is 1. The molecule has 0 fully saturated rings. The molecular formula is C22H42NO2+. The number of carboxylic acid groups (broad SMARTS) is 1. The maximum absolute atomic E-state index is 10.8. The van der Waals surface area contributed by atoms with Gasteiger partial charge in [0.05, 0.1) is 20.6 Å². The summed E-state index contributed by atoms with van der Waals surface area (Å²) < 4.78 is 0.590. The largest absolute Gasteiger partial charge is 0.477 e. The van der Waals surface area contributed by atoms with Crippen molar-refractivity contribution in [2.75, 3.05) is 27.2 Å². The second kappa shape index (κ2) is 16.4. The van der Waals surface area contributed by atoms with Crippen molar-refractivity contribution in [2.45, 2.75) is 84.0 Å². The highest BCUT2D eigenvalue weighted by Crippen LogP contribution is 2.10. The van der Waals surface area contributed by atoms with Crippen LogP contribution in [0.3, 0.4) is 0 Å². The first kappa shape index (κ1) is 23.9. The molecule has 0 atom stereocenters. The van der Waals surface area contributed by atoms with Gasteiger partial charge in [0, 0.05) is 0 Å². The third-order valence-corrected chi connectivity index (χ3v) is 4.53. The Morgan fingerprint density at radius 3 is 1.88 bits per heavy atom. The molecule has 0 aromatic heterocycles. The Bertz CT molecular complexity index is 372. The van der Waals surface area contributed by atoms with Crippen LogP contribution in [0.25, 0.3) is 0 Å². The molecule has 0 aromatic rings. The average molecular weight is 353 g/mol. The third kappa shape index (κ3) is 19.1.